The molecule has 2 rings (SSSR count). The van der Waals surface area contributed by atoms with E-state index in [1.54, 1.807) is 0 Å². The molecule has 0 spiro atoms. The Balaban J connectivity index is 1.78. The molecule has 18 heavy (non-hydrogen) atoms. The molecule has 6 nitrogen and oxygen atoms in total. The second kappa shape index (κ2) is 6.29. The molecule has 2 aliphatic heterocycles. The van der Waals surface area contributed by atoms with Crippen molar-refractivity contribution in [3.63, 3.8) is 0 Å². The number of ether oxygens (including phenoxy) is 1. The van der Waals surface area contributed by atoms with Crippen molar-refractivity contribution < 1.29 is 19.4 Å². The Kier molecular flexibility index (Phi) is 4.71. The second-order valence-electron chi connectivity index (χ2n) is 4.59. The predicted molar refractivity (Wildman–Crippen MR) is 67.5 cm³/mol. The molecule has 2 fully saturated rings. The molecule has 2 aliphatic rings. The number of nitrogens with one attached hydrogen (secondary N) is 1. The van der Waals surface area contributed by atoms with E-state index in [1.165, 1.54) is 16.7 Å². The van der Waals surface area contributed by atoms with E-state index in [4.69, 9.17) is 9.84 Å². The number of hydrogen-bond acceptors (Lipinski definition) is 4. The number of hydrogen-bond donors (Lipinski definition) is 2. The first-order valence-corrected chi connectivity index (χ1v) is 7.26. The molecule has 0 saturated carbocycles. The monoisotopic (exact) mass is 274 g/mol. The zero-order valence-electron chi connectivity index (χ0n) is 10.1. The highest BCUT2D eigenvalue weighted by Gasteiger charge is 2.34. The molecule has 1 unspecified atom stereocenters. The lowest BCUT2D eigenvalue weighted by atomic mass is 10.0. The van der Waals surface area contributed by atoms with Gasteiger partial charge in [0.05, 0.1) is 12.5 Å². The van der Waals surface area contributed by atoms with Crippen molar-refractivity contribution in [2.45, 2.75) is 18.9 Å². The summed E-state index contributed by atoms with van der Waals surface area (Å²) in [5.74, 6) is 0.330. The first kappa shape index (κ1) is 13.5. The van der Waals surface area contributed by atoms with Crippen LogP contribution in [0.2, 0.25) is 0 Å². The predicted octanol–water partition coefficient (Wildman–Crippen LogP) is 0.582. The van der Waals surface area contributed by atoms with Gasteiger partial charge in [0, 0.05) is 18.9 Å². The van der Waals surface area contributed by atoms with Gasteiger partial charge in [-0.3, -0.25) is 0 Å². The third-order valence-corrected chi connectivity index (χ3v) is 4.24. The minimum atomic E-state index is -0.934. The largest absolute Gasteiger partial charge is 0.480 e. The molecule has 0 aromatic carbocycles. The minimum Gasteiger partial charge on any atom is -0.480 e. The number of thioether (sulfide) groups is 1. The number of carbonyl (C=O) groups excluding carboxylic acids is 1. The summed E-state index contributed by atoms with van der Waals surface area (Å²) in [6, 6.07) is -0.976. The van der Waals surface area contributed by atoms with E-state index in [0.29, 0.717) is 30.7 Å². The Labute approximate surface area is 110 Å². The molecular formula is C11H18N2O4S. The van der Waals surface area contributed by atoms with Crippen LogP contribution in [-0.4, -0.2) is 59.4 Å². The highest BCUT2D eigenvalue weighted by molar-refractivity contribution is 7.99. The molecule has 0 aromatic rings. The molecule has 2 amide bonds. The molecule has 2 atom stereocenters. The van der Waals surface area contributed by atoms with Crippen LogP contribution in [0.3, 0.4) is 0 Å². The van der Waals surface area contributed by atoms with Gasteiger partial charge in [0.1, 0.15) is 6.04 Å². The van der Waals surface area contributed by atoms with Crippen molar-refractivity contribution in [1.29, 1.82) is 0 Å². The van der Waals surface area contributed by atoms with Gasteiger partial charge in [-0.1, -0.05) is 0 Å². The van der Waals surface area contributed by atoms with Gasteiger partial charge in [-0.05, 0) is 18.8 Å². The van der Waals surface area contributed by atoms with E-state index >= 15 is 0 Å². The molecule has 2 heterocycles. The number of aliphatic carboxylic acids is 1. The van der Waals surface area contributed by atoms with E-state index in [-0.39, 0.29) is 6.03 Å². The molecule has 0 bridgehead atoms. The van der Waals surface area contributed by atoms with Gasteiger partial charge in [0.2, 0.25) is 0 Å². The third-order valence-electron chi connectivity index (χ3n) is 3.22. The lowest BCUT2D eigenvalue weighted by Gasteiger charge is -2.25. The van der Waals surface area contributed by atoms with E-state index in [0.717, 1.165) is 19.4 Å². The lowest BCUT2D eigenvalue weighted by molar-refractivity contribution is -0.140. The topological polar surface area (TPSA) is 78.9 Å². The van der Waals surface area contributed by atoms with E-state index in [2.05, 4.69) is 5.32 Å². The zero-order valence-corrected chi connectivity index (χ0v) is 10.9. The minimum absolute atomic E-state index is 0.280. The van der Waals surface area contributed by atoms with Crippen molar-refractivity contribution >= 4 is 23.8 Å². The number of carboxylic acids is 1. The molecule has 7 heteroatoms. The van der Waals surface area contributed by atoms with Crippen LogP contribution in [0.4, 0.5) is 4.79 Å². The van der Waals surface area contributed by atoms with Crippen LogP contribution in [0.15, 0.2) is 0 Å². The summed E-state index contributed by atoms with van der Waals surface area (Å²) in [7, 11) is 0. The van der Waals surface area contributed by atoms with E-state index in [1.807, 2.05) is 0 Å². The zero-order chi connectivity index (χ0) is 13.0. The van der Waals surface area contributed by atoms with Gasteiger partial charge in [0.15, 0.2) is 0 Å². The van der Waals surface area contributed by atoms with Crippen LogP contribution in [-0.2, 0) is 9.53 Å². The summed E-state index contributed by atoms with van der Waals surface area (Å²) in [6.07, 6.45) is 2.08. The quantitative estimate of drug-likeness (QED) is 0.787. The number of carboxylic acid groups (broad SMARTS) is 1. The molecular weight excluding hydrogens is 256 g/mol. The van der Waals surface area contributed by atoms with Crippen molar-refractivity contribution in [3.8, 4) is 0 Å². The van der Waals surface area contributed by atoms with Crippen molar-refractivity contribution in [1.82, 2.24) is 10.2 Å². The molecule has 2 saturated heterocycles. The van der Waals surface area contributed by atoms with Gasteiger partial charge in [-0.25, -0.2) is 9.59 Å². The van der Waals surface area contributed by atoms with Crippen LogP contribution >= 0.6 is 11.8 Å². The first-order valence-electron chi connectivity index (χ1n) is 6.11. The van der Waals surface area contributed by atoms with E-state index in [9.17, 15) is 9.59 Å². The third kappa shape index (κ3) is 3.29. The molecule has 0 aliphatic carbocycles. The average molecular weight is 274 g/mol. The summed E-state index contributed by atoms with van der Waals surface area (Å²) in [5, 5.41) is 11.8. The highest BCUT2D eigenvalue weighted by Crippen LogP contribution is 2.21. The molecule has 2 N–H and O–H groups in total. The Bertz CT molecular complexity index is 320. The lowest BCUT2D eigenvalue weighted by Crippen LogP contribution is -2.48. The van der Waals surface area contributed by atoms with Crippen LogP contribution in [0.25, 0.3) is 0 Å². The fourth-order valence-corrected chi connectivity index (χ4v) is 3.29. The summed E-state index contributed by atoms with van der Waals surface area (Å²) < 4.78 is 5.34. The number of nitrogens with zero attached hydrogens (tertiary/aromatic N) is 1. The smallest absolute Gasteiger partial charge is 0.327 e. The molecule has 0 aromatic heterocycles. The number of carbonyl (C=O) groups is 2. The van der Waals surface area contributed by atoms with Gasteiger partial charge in [0.25, 0.3) is 0 Å². The number of urea groups is 1. The maximum atomic E-state index is 11.9. The van der Waals surface area contributed by atoms with Crippen LogP contribution < -0.4 is 5.32 Å². The Morgan fingerprint density at radius 1 is 1.50 bits per heavy atom. The average Bonchev–Trinajstić information content (AvgIpc) is 2.86. The normalized spacial score (nSPS) is 28.1. The standard InChI is InChI=1S/C11H18N2O4S/c14-10(15)9-6-18-7-13(9)11(16)12-4-8-2-1-3-17-5-8/h8-9H,1-7H2,(H,12,16)(H,14,15)/t8?,9-/m0/s1. The van der Waals surface area contributed by atoms with Crippen LogP contribution in [0.5, 0.6) is 0 Å². The fraction of sp³-hybridized carbons (Fsp3) is 0.818. The van der Waals surface area contributed by atoms with Crippen molar-refractivity contribution in [3.05, 3.63) is 0 Å². The number of rotatable bonds is 3. The first-order chi connectivity index (χ1) is 8.68. The summed E-state index contributed by atoms with van der Waals surface area (Å²) in [6.45, 7) is 2.04. The van der Waals surface area contributed by atoms with Gasteiger partial charge >= 0.3 is 12.0 Å². The summed E-state index contributed by atoms with van der Waals surface area (Å²) >= 11 is 1.47. The number of amides is 2. The van der Waals surface area contributed by atoms with Gasteiger partial charge in [-0.15, -0.1) is 11.8 Å². The fourth-order valence-electron chi connectivity index (χ4n) is 2.15. The SMILES string of the molecule is O=C(O)[C@@H]1CSCN1C(=O)NCC1CCCOC1. The summed E-state index contributed by atoms with van der Waals surface area (Å²) in [5.41, 5.74) is 0. The molecule has 0 radical (unpaired) electrons. The molecule has 102 valence electrons. The second-order valence-corrected chi connectivity index (χ2v) is 5.59. The van der Waals surface area contributed by atoms with Gasteiger partial charge in [-0.2, -0.15) is 0 Å². The van der Waals surface area contributed by atoms with Crippen LogP contribution in [0.1, 0.15) is 12.8 Å². The Morgan fingerprint density at radius 3 is 3.00 bits per heavy atom. The Morgan fingerprint density at radius 2 is 2.33 bits per heavy atom. The van der Waals surface area contributed by atoms with E-state index < -0.39 is 12.0 Å². The maximum absolute atomic E-state index is 11.9. The summed E-state index contributed by atoms with van der Waals surface area (Å²) in [4.78, 5) is 24.3. The van der Waals surface area contributed by atoms with Crippen molar-refractivity contribution in [2.75, 3.05) is 31.4 Å². The Hall–Kier alpha value is -0.950. The maximum Gasteiger partial charge on any atom is 0.327 e. The van der Waals surface area contributed by atoms with Crippen LogP contribution in [0, 0.1) is 5.92 Å². The van der Waals surface area contributed by atoms with Crippen molar-refractivity contribution in [2.24, 2.45) is 5.92 Å². The van der Waals surface area contributed by atoms with Gasteiger partial charge < -0.3 is 20.1 Å². The highest BCUT2D eigenvalue weighted by atomic mass is 32.2.